The number of aromatic hydroxyl groups is 1. The summed E-state index contributed by atoms with van der Waals surface area (Å²) in [5.41, 5.74) is 2.15. The molecular formula is C9H8BrNO. The lowest BCUT2D eigenvalue weighted by Crippen LogP contribution is -1.87. The molecule has 0 spiro atoms. The standard InChI is InChI=1S/C9H8BrNO/c1-5-3-6(2)9(12)8(10)7(5)4-11/h3,12H,1-2H3. The van der Waals surface area contributed by atoms with Crippen LogP contribution in [0.3, 0.4) is 0 Å². The molecule has 0 aromatic heterocycles. The van der Waals surface area contributed by atoms with Crippen molar-refractivity contribution in [2.75, 3.05) is 0 Å². The molecule has 0 atom stereocenters. The van der Waals surface area contributed by atoms with Crippen LogP contribution in [0.25, 0.3) is 0 Å². The Labute approximate surface area is 79.6 Å². The minimum absolute atomic E-state index is 0.150. The molecule has 1 aromatic rings. The van der Waals surface area contributed by atoms with E-state index >= 15 is 0 Å². The third-order valence-electron chi connectivity index (χ3n) is 1.74. The molecule has 0 unspecified atom stereocenters. The Hall–Kier alpha value is -1.01. The molecule has 1 rings (SSSR count). The van der Waals surface area contributed by atoms with E-state index in [0.29, 0.717) is 10.0 Å². The maximum atomic E-state index is 9.44. The molecule has 0 saturated carbocycles. The van der Waals surface area contributed by atoms with Gasteiger partial charge in [0.1, 0.15) is 11.8 Å². The molecule has 0 fully saturated rings. The van der Waals surface area contributed by atoms with Crippen LogP contribution in [0.4, 0.5) is 0 Å². The van der Waals surface area contributed by atoms with Crippen LogP contribution in [0, 0.1) is 25.2 Å². The molecule has 1 aromatic carbocycles. The van der Waals surface area contributed by atoms with Crippen molar-refractivity contribution in [2.24, 2.45) is 0 Å². The van der Waals surface area contributed by atoms with Gasteiger partial charge in [0.2, 0.25) is 0 Å². The summed E-state index contributed by atoms with van der Waals surface area (Å²) in [4.78, 5) is 0. The molecule has 2 nitrogen and oxygen atoms in total. The minimum Gasteiger partial charge on any atom is -0.506 e. The van der Waals surface area contributed by atoms with E-state index in [-0.39, 0.29) is 5.75 Å². The van der Waals surface area contributed by atoms with Crippen LogP contribution in [0.15, 0.2) is 10.5 Å². The van der Waals surface area contributed by atoms with Crippen LogP contribution in [-0.4, -0.2) is 5.11 Å². The predicted molar refractivity (Wildman–Crippen MR) is 50.0 cm³/mol. The first-order valence-electron chi connectivity index (χ1n) is 3.46. The Morgan fingerprint density at radius 2 is 2.00 bits per heavy atom. The molecule has 0 aliphatic carbocycles. The van der Waals surface area contributed by atoms with Crippen LogP contribution < -0.4 is 0 Å². The molecule has 1 N–H and O–H groups in total. The number of phenols is 1. The smallest absolute Gasteiger partial charge is 0.134 e. The van der Waals surface area contributed by atoms with Gasteiger partial charge in [-0.05, 0) is 40.9 Å². The lowest BCUT2D eigenvalue weighted by molar-refractivity contribution is 0.467. The third-order valence-corrected chi connectivity index (χ3v) is 2.51. The molecule has 0 amide bonds. The van der Waals surface area contributed by atoms with Gasteiger partial charge < -0.3 is 5.11 Å². The Kier molecular flexibility index (Phi) is 2.39. The van der Waals surface area contributed by atoms with E-state index in [9.17, 15) is 5.11 Å². The van der Waals surface area contributed by atoms with Gasteiger partial charge in [-0.3, -0.25) is 0 Å². The number of aryl methyl sites for hydroxylation is 2. The average molecular weight is 226 g/mol. The average Bonchev–Trinajstić information content (AvgIpc) is 2.01. The van der Waals surface area contributed by atoms with Crippen molar-refractivity contribution in [3.63, 3.8) is 0 Å². The number of benzene rings is 1. The van der Waals surface area contributed by atoms with Crippen LogP contribution in [0.2, 0.25) is 0 Å². The number of phenolic OH excluding ortho intramolecular Hbond substituents is 1. The highest BCUT2D eigenvalue weighted by atomic mass is 79.9. The second-order valence-corrected chi connectivity index (χ2v) is 3.45. The monoisotopic (exact) mass is 225 g/mol. The summed E-state index contributed by atoms with van der Waals surface area (Å²) in [6, 6.07) is 3.82. The Morgan fingerprint density at radius 1 is 1.42 bits per heavy atom. The van der Waals surface area contributed by atoms with Crippen LogP contribution in [0.1, 0.15) is 16.7 Å². The van der Waals surface area contributed by atoms with E-state index in [1.54, 1.807) is 13.0 Å². The predicted octanol–water partition coefficient (Wildman–Crippen LogP) is 2.64. The van der Waals surface area contributed by atoms with E-state index in [4.69, 9.17) is 5.26 Å². The Bertz CT molecular complexity index is 366. The number of nitriles is 1. The van der Waals surface area contributed by atoms with Crippen molar-refractivity contribution in [1.82, 2.24) is 0 Å². The fourth-order valence-corrected chi connectivity index (χ4v) is 1.78. The van der Waals surface area contributed by atoms with E-state index in [2.05, 4.69) is 15.9 Å². The van der Waals surface area contributed by atoms with Crippen molar-refractivity contribution < 1.29 is 5.11 Å². The van der Waals surface area contributed by atoms with Crippen molar-refractivity contribution in [1.29, 1.82) is 5.26 Å². The molecule has 0 heterocycles. The number of nitrogens with zero attached hydrogens (tertiary/aromatic N) is 1. The van der Waals surface area contributed by atoms with Crippen molar-refractivity contribution in [2.45, 2.75) is 13.8 Å². The van der Waals surface area contributed by atoms with Crippen LogP contribution >= 0.6 is 15.9 Å². The molecule has 62 valence electrons. The van der Waals surface area contributed by atoms with Gasteiger partial charge in [0, 0.05) is 0 Å². The minimum atomic E-state index is 0.150. The second-order valence-electron chi connectivity index (χ2n) is 2.66. The molecule has 0 aliphatic heterocycles. The van der Waals surface area contributed by atoms with Crippen molar-refractivity contribution in [3.05, 3.63) is 27.2 Å². The lowest BCUT2D eigenvalue weighted by Gasteiger charge is -2.05. The van der Waals surface area contributed by atoms with Crippen LogP contribution in [0.5, 0.6) is 5.75 Å². The molecule has 0 radical (unpaired) electrons. The molecule has 0 saturated heterocycles. The zero-order chi connectivity index (χ0) is 9.30. The number of hydrogen-bond donors (Lipinski definition) is 1. The number of rotatable bonds is 0. The van der Waals surface area contributed by atoms with Crippen molar-refractivity contribution >= 4 is 15.9 Å². The highest BCUT2D eigenvalue weighted by molar-refractivity contribution is 9.10. The first kappa shape index (κ1) is 9.08. The summed E-state index contributed by atoms with van der Waals surface area (Å²) in [5.74, 6) is 0.150. The van der Waals surface area contributed by atoms with Gasteiger partial charge in [-0.2, -0.15) is 5.26 Å². The zero-order valence-electron chi connectivity index (χ0n) is 6.85. The lowest BCUT2D eigenvalue weighted by atomic mass is 10.1. The van der Waals surface area contributed by atoms with E-state index in [0.717, 1.165) is 11.1 Å². The van der Waals surface area contributed by atoms with Gasteiger partial charge in [-0.1, -0.05) is 6.07 Å². The Balaban J connectivity index is 3.54. The molecule has 0 aliphatic rings. The maximum Gasteiger partial charge on any atom is 0.134 e. The largest absolute Gasteiger partial charge is 0.506 e. The molecule has 3 heteroatoms. The first-order chi connectivity index (χ1) is 5.57. The van der Waals surface area contributed by atoms with Gasteiger partial charge in [-0.25, -0.2) is 0 Å². The van der Waals surface area contributed by atoms with E-state index in [1.807, 2.05) is 13.0 Å². The van der Waals surface area contributed by atoms with Gasteiger partial charge in [0.25, 0.3) is 0 Å². The summed E-state index contributed by atoms with van der Waals surface area (Å²) in [6.07, 6.45) is 0. The number of halogens is 1. The van der Waals surface area contributed by atoms with Crippen molar-refractivity contribution in [3.8, 4) is 11.8 Å². The Morgan fingerprint density at radius 3 is 2.50 bits per heavy atom. The second kappa shape index (κ2) is 3.16. The van der Waals surface area contributed by atoms with E-state index < -0.39 is 0 Å². The third kappa shape index (κ3) is 1.30. The molecule has 12 heavy (non-hydrogen) atoms. The fourth-order valence-electron chi connectivity index (χ4n) is 1.07. The highest BCUT2D eigenvalue weighted by Gasteiger charge is 2.10. The van der Waals surface area contributed by atoms with E-state index in [1.165, 1.54) is 0 Å². The summed E-state index contributed by atoms with van der Waals surface area (Å²) in [6.45, 7) is 3.64. The quantitative estimate of drug-likeness (QED) is 0.738. The zero-order valence-corrected chi connectivity index (χ0v) is 8.44. The topological polar surface area (TPSA) is 44.0 Å². The maximum absolute atomic E-state index is 9.44. The van der Waals surface area contributed by atoms with Crippen LogP contribution in [-0.2, 0) is 0 Å². The van der Waals surface area contributed by atoms with Gasteiger partial charge in [-0.15, -0.1) is 0 Å². The van der Waals surface area contributed by atoms with Gasteiger partial charge >= 0.3 is 0 Å². The number of hydrogen-bond acceptors (Lipinski definition) is 2. The molecular weight excluding hydrogens is 218 g/mol. The summed E-state index contributed by atoms with van der Waals surface area (Å²) in [5, 5.41) is 18.2. The molecule has 0 bridgehead atoms. The SMILES string of the molecule is Cc1cc(C)c(C#N)c(Br)c1O. The summed E-state index contributed by atoms with van der Waals surface area (Å²) < 4.78 is 0.488. The first-order valence-corrected chi connectivity index (χ1v) is 4.26. The fraction of sp³-hybridized carbons (Fsp3) is 0.222. The van der Waals surface area contributed by atoms with Gasteiger partial charge in [0.05, 0.1) is 10.0 Å². The highest BCUT2D eigenvalue weighted by Crippen LogP contribution is 2.32. The normalized spacial score (nSPS) is 9.50. The van der Waals surface area contributed by atoms with Gasteiger partial charge in [0.15, 0.2) is 0 Å². The summed E-state index contributed by atoms with van der Waals surface area (Å²) in [7, 11) is 0. The summed E-state index contributed by atoms with van der Waals surface area (Å²) >= 11 is 3.17.